The predicted octanol–water partition coefficient (Wildman–Crippen LogP) is 12.1. The quantitative estimate of drug-likeness (QED) is 0.0137. The summed E-state index contributed by atoms with van der Waals surface area (Å²) in [4.78, 5) is 76.4. The van der Waals surface area contributed by atoms with Gasteiger partial charge >= 0.3 is 47.6 Å². The van der Waals surface area contributed by atoms with E-state index in [9.17, 15) is 28.6 Å². The zero-order valence-electron chi connectivity index (χ0n) is 56.7. The van der Waals surface area contributed by atoms with Gasteiger partial charge in [-0.2, -0.15) is 0 Å². The number of esters is 2. The van der Waals surface area contributed by atoms with Crippen LogP contribution < -0.4 is 49.8 Å². The molecule has 93 heavy (non-hydrogen) atoms. The number of ether oxygens (including phenoxy) is 7. The van der Waals surface area contributed by atoms with Gasteiger partial charge in [0.05, 0.1) is 69.2 Å². The van der Waals surface area contributed by atoms with E-state index >= 15 is 0 Å². The third kappa shape index (κ3) is 42.5. The number of benzene rings is 2. The van der Waals surface area contributed by atoms with Gasteiger partial charge in [-0.25, -0.2) is 14.8 Å². The van der Waals surface area contributed by atoms with Crippen LogP contribution in [0.1, 0.15) is 219 Å². The molecule has 2 N–H and O–H groups in total. The summed E-state index contributed by atoms with van der Waals surface area (Å²) >= 11 is 0. The van der Waals surface area contributed by atoms with Crippen LogP contribution in [-0.2, 0) is 56.4 Å². The minimum absolute atomic E-state index is 0. The number of nitrogens with one attached hydrogen (secondary N) is 2. The molecule has 0 aliphatic heterocycles. The van der Waals surface area contributed by atoms with Crippen LogP contribution in [0.15, 0.2) is 73.1 Å². The van der Waals surface area contributed by atoms with Crippen molar-refractivity contribution in [1.82, 2.24) is 25.6 Å². The van der Waals surface area contributed by atoms with Crippen molar-refractivity contribution in [3.05, 3.63) is 73.1 Å². The minimum Gasteiger partial charge on any atom is -0.756 e. The van der Waals surface area contributed by atoms with Crippen LogP contribution in [0.5, 0.6) is 5.88 Å². The Morgan fingerprint density at radius 2 is 1.00 bits per heavy atom. The third-order valence-electron chi connectivity index (χ3n) is 15.5. The van der Waals surface area contributed by atoms with Crippen molar-refractivity contribution in [2.45, 2.75) is 225 Å². The van der Waals surface area contributed by atoms with Gasteiger partial charge in [0.2, 0.25) is 11.8 Å². The van der Waals surface area contributed by atoms with Crippen LogP contribution in [0.2, 0.25) is 0 Å². The summed E-state index contributed by atoms with van der Waals surface area (Å²) in [6.45, 7) is 3.99. The largest absolute Gasteiger partial charge is 1.00 e. The number of para-hydroxylation sites is 2. The van der Waals surface area contributed by atoms with E-state index in [1.807, 2.05) is 60.7 Å². The number of unbranched alkanes of at least 4 members (excludes halogenated alkanes) is 28. The average molecular weight is 1330 g/mol. The second-order valence-electron chi connectivity index (χ2n) is 23.5. The van der Waals surface area contributed by atoms with Gasteiger partial charge in [0, 0.05) is 43.3 Å². The van der Waals surface area contributed by atoms with Crippen molar-refractivity contribution in [1.29, 1.82) is 0 Å². The number of rotatable bonds is 59. The number of nitrogens with zero attached hydrogens (tertiary/aromatic N) is 3. The number of carbonyl (C=O) groups excluding carboxylic acids is 4. The number of phosphoric ester groups is 1. The van der Waals surface area contributed by atoms with E-state index in [0.717, 1.165) is 71.9 Å². The van der Waals surface area contributed by atoms with Crippen molar-refractivity contribution in [3.8, 4) is 28.3 Å². The summed E-state index contributed by atoms with van der Waals surface area (Å²) in [7, 11) is -4.94. The summed E-state index contributed by atoms with van der Waals surface area (Å²) in [5.41, 5.74) is 5.22. The molecule has 0 aliphatic rings. The molecule has 0 saturated heterocycles. The molecule has 2 amide bonds. The Hall–Kier alpha value is -4.60. The standard InChI is InChI=1S/C71H112N5O15P.Na/c1-3-5-7-9-11-13-15-17-19-21-23-25-27-29-31-39-68(78)88-57-62(91-69(79)40-32-30-28-26-24-22-20-18-16-14-12-10-8-6-4-2)58-90-92(81,82)89-49-47-74-71(80)87-55-53-85-59-67(77)72-46-48-83-50-51-84-52-54-86-70-63(36-35-45-73-70)60-41-43-61(44-42-60)66-56-75-64-37-33-34-38-65(64)76-66;/h33-38,41-45,56,62H,3-32,39-40,46-55,57-59H2,1-2H3,(H,72,77)(H,74,80)(H,81,82);/q;+1/p-1. The maximum atomic E-state index is 12.9. The molecule has 2 aromatic heterocycles. The van der Waals surface area contributed by atoms with E-state index in [1.54, 1.807) is 12.4 Å². The van der Waals surface area contributed by atoms with Gasteiger partial charge in [-0.15, -0.1) is 0 Å². The van der Waals surface area contributed by atoms with E-state index in [2.05, 4.69) is 34.4 Å². The van der Waals surface area contributed by atoms with Crippen molar-refractivity contribution in [2.24, 2.45) is 0 Å². The molecule has 0 aliphatic carbocycles. The van der Waals surface area contributed by atoms with Crippen LogP contribution in [-0.4, -0.2) is 131 Å². The number of phosphoric acid groups is 1. The maximum Gasteiger partial charge on any atom is 1.00 e. The maximum absolute atomic E-state index is 12.9. The van der Waals surface area contributed by atoms with Crippen molar-refractivity contribution < 1.29 is 100 Å². The van der Waals surface area contributed by atoms with Gasteiger partial charge in [0.15, 0.2) is 6.10 Å². The fourth-order valence-corrected chi connectivity index (χ4v) is 11.0. The van der Waals surface area contributed by atoms with E-state index < -0.39 is 45.2 Å². The summed E-state index contributed by atoms with van der Waals surface area (Å²) in [5, 5.41) is 5.04. The van der Waals surface area contributed by atoms with Gasteiger partial charge in [-0.05, 0) is 42.7 Å². The molecule has 0 radical (unpaired) electrons. The molecule has 0 fully saturated rings. The van der Waals surface area contributed by atoms with Crippen molar-refractivity contribution >= 4 is 42.8 Å². The molecular weight excluding hydrogens is 1220 g/mol. The average Bonchev–Trinajstić information content (AvgIpc) is 0.848. The zero-order chi connectivity index (χ0) is 65.6. The number of hydrogen-bond donors (Lipinski definition) is 2. The minimum atomic E-state index is -4.94. The number of carbonyl (C=O) groups is 4. The fourth-order valence-electron chi connectivity index (χ4n) is 10.3. The van der Waals surface area contributed by atoms with Gasteiger partial charge in [0.1, 0.15) is 26.4 Å². The molecule has 4 aromatic rings. The Bertz CT molecular complexity index is 2610. The van der Waals surface area contributed by atoms with Gasteiger partial charge in [-0.1, -0.05) is 230 Å². The smallest absolute Gasteiger partial charge is 0.756 e. The molecule has 2 unspecified atom stereocenters. The monoisotopic (exact) mass is 1330 g/mol. The molecule has 516 valence electrons. The Morgan fingerprint density at radius 3 is 1.59 bits per heavy atom. The molecule has 2 atom stereocenters. The number of amides is 2. The first-order valence-corrected chi connectivity index (χ1v) is 36.3. The molecule has 20 nitrogen and oxygen atoms in total. The summed E-state index contributed by atoms with van der Waals surface area (Å²) in [6.07, 6.45) is 37.9. The number of aromatic nitrogens is 3. The van der Waals surface area contributed by atoms with E-state index in [4.69, 9.17) is 47.2 Å². The SMILES string of the molecule is CCCCCCCCCCCCCCCCCC(=O)OCC(COP(=O)([O-])OCCNC(=O)OCCOCC(=O)NCCOCCOCCOc1ncccc1-c1ccc(-c2cnc3ccccc3n2)cc1)OC(=O)CCCCCCCCCCCCCCCCC.[Na+]. The van der Waals surface area contributed by atoms with Gasteiger partial charge in [0.25, 0.3) is 7.82 Å². The van der Waals surface area contributed by atoms with Crippen LogP contribution in [0.25, 0.3) is 33.4 Å². The van der Waals surface area contributed by atoms with Crippen LogP contribution in [0.4, 0.5) is 4.79 Å². The number of pyridine rings is 1. The Kier molecular flexibility index (Phi) is 49.3. The molecule has 2 heterocycles. The fraction of sp³-hybridized carbons (Fsp3) is 0.676. The number of alkyl carbamates (subject to hydrolysis) is 1. The van der Waals surface area contributed by atoms with Crippen molar-refractivity contribution in [3.63, 3.8) is 0 Å². The van der Waals surface area contributed by atoms with Crippen LogP contribution in [0, 0.1) is 0 Å². The van der Waals surface area contributed by atoms with E-state index in [1.165, 1.54) is 141 Å². The van der Waals surface area contributed by atoms with E-state index in [-0.39, 0.29) is 101 Å². The summed E-state index contributed by atoms with van der Waals surface area (Å²) in [5.74, 6) is -0.883. The van der Waals surface area contributed by atoms with E-state index in [0.29, 0.717) is 38.5 Å². The topological polar surface area (TPSA) is 254 Å². The second-order valence-corrected chi connectivity index (χ2v) is 24.9. The van der Waals surface area contributed by atoms with Crippen LogP contribution >= 0.6 is 7.82 Å². The molecule has 4 rings (SSSR count). The number of hydrogen-bond acceptors (Lipinski definition) is 18. The Balaban J connectivity index is 0.0000226. The molecule has 0 bridgehead atoms. The molecule has 22 heteroatoms. The normalized spacial score (nSPS) is 12.2. The first-order chi connectivity index (χ1) is 45.1. The Labute approximate surface area is 577 Å². The third-order valence-corrected chi connectivity index (χ3v) is 16.5. The summed E-state index contributed by atoms with van der Waals surface area (Å²) < 4.78 is 61.2. The summed E-state index contributed by atoms with van der Waals surface area (Å²) in [6, 6.07) is 19.6. The molecule has 2 aromatic carbocycles. The zero-order valence-corrected chi connectivity index (χ0v) is 59.6. The first kappa shape index (κ1) is 82.6. The molecule has 0 saturated carbocycles. The Morgan fingerprint density at radius 1 is 0.495 bits per heavy atom. The number of fused-ring (bicyclic) bond motifs is 1. The van der Waals surface area contributed by atoms with Crippen molar-refractivity contribution in [2.75, 3.05) is 85.8 Å². The second kappa shape index (κ2) is 55.5. The first-order valence-electron chi connectivity index (χ1n) is 34.8. The van der Waals surface area contributed by atoms with Gasteiger partial charge < -0.3 is 57.7 Å². The van der Waals surface area contributed by atoms with Crippen LogP contribution in [0.3, 0.4) is 0 Å². The molecule has 0 spiro atoms. The predicted molar refractivity (Wildman–Crippen MR) is 358 cm³/mol. The van der Waals surface area contributed by atoms with Gasteiger partial charge in [-0.3, -0.25) is 23.9 Å². The molecular formula is C71H111N5NaO15P.